The van der Waals surface area contributed by atoms with Crippen LogP contribution in [0.2, 0.25) is 16.6 Å². The minimum atomic E-state index is -2.35. The summed E-state index contributed by atoms with van der Waals surface area (Å²) in [6, 6.07) is 10.1. The SMILES string of the molecule is COCOc1cc(-c2nc(N(C)c3cnn(-c4ccncc4)c3)c3cnc(OC[C@@]45CCCN4C[C@H](F)C5)nc3c2F)c2c(C#C[Si](C(C)C)(C(C)C)C(C)C)c(F)ccc2c1. The highest BCUT2D eigenvalue weighted by Gasteiger charge is 2.49. The van der Waals surface area contributed by atoms with Crippen LogP contribution in [0.4, 0.5) is 24.7 Å². The summed E-state index contributed by atoms with van der Waals surface area (Å²) < 4.78 is 68.0. The number of hydrogen-bond donors (Lipinski definition) is 0. The van der Waals surface area contributed by atoms with Crippen molar-refractivity contribution in [2.75, 3.05) is 45.5 Å². The number of rotatable bonds is 13. The zero-order chi connectivity index (χ0) is 43.9. The van der Waals surface area contributed by atoms with Gasteiger partial charge in [-0.3, -0.25) is 9.88 Å². The third kappa shape index (κ3) is 7.77. The normalized spacial score (nSPS) is 17.9. The number of alkyl halides is 1. The molecule has 0 bridgehead atoms. The van der Waals surface area contributed by atoms with Gasteiger partial charge in [0.1, 0.15) is 49.4 Å². The number of aromatic nitrogens is 6. The summed E-state index contributed by atoms with van der Waals surface area (Å²) in [7, 11) is 0.959. The third-order valence-electron chi connectivity index (χ3n) is 13.0. The molecule has 4 aromatic heterocycles. The number of halogens is 3. The predicted molar refractivity (Wildman–Crippen MR) is 239 cm³/mol. The van der Waals surface area contributed by atoms with Gasteiger partial charge in [0, 0.05) is 56.7 Å². The van der Waals surface area contributed by atoms with Crippen molar-refractivity contribution in [3.05, 3.63) is 84.6 Å². The van der Waals surface area contributed by atoms with Crippen LogP contribution >= 0.6 is 0 Å². The van der Waals surface area contributed by atoms with Crippen LogP contribution in [-0.4, -0.2) is 95.0 Å². The topological polar surface area (TPSA) is 104 Å². The second-order valence-electron chi connectivity index (χ2n) is 17.5. The van der Waals surface area contributed by atoms with E-state index < -0.39 is 31.4 Å². The van der Waals surface area contributed by atoms with Gasteiger partial charge in [-0.15, -0.1) is 5.54 Å². The van der Waals surface area contributed by atoms with Crippen molar-refractivity contribution < 1.29 is 27.4 Å². The van der Waals surface area contributed by atoms with E-state index in [0.717, 1.165) is 25.1 Å². The van der Waals surface area contributed by atoms with Crippen LogP contribution in [0, 0.1) is 23.1 Å². The van der Waals surface area contributed by atoms with Crippen LogP contribution in [0.5, 0.6) is 11.8 Å². The fraction of sp³-hybridized carbons (Fsp3) is 0.426. The zero-order valence-electron chi connectivity index (χ0n) is 36.5. The largest absolute Gasteiger partial charge is 0.468 e. The highest BCUT2D eigenvalue weighted by atomic mass is 28.3. The molecule has 0 N–H and O–H groups in total. The van der Waals surface area contributed by atoms with Crippen molar-refractivity contribution in [3.63, 3.8) is 0 Å². The summed E-state index contributed by atoms with van der Waals surface area (Å²) in [5.74, 6) is 2.71. The Kier molecular flexibility index (Phi) is 12.0. The van der Waals surface area contributed by atoms with E-state index in [4.69, 9.17) is 24.2 Å². The molecule has 2 aliphatic heterocycles. The van der Waals surface area contributed by atoms with Gasteiger partial charge in [0.05, 0.1) is 40.3 Å². The summed E-state index contributed by atoms with van der Waals surface area (Å²) in [5, 5.41) is 5.84. The Morgan fingerprint density at radius 2 is 1.74 bits per heavy atom. The molecule has 0 unspecified atom stereocenters. The molecule has 2 fully saturated rings. The summed E-state index contributed by atoms with van der Waals surface area (Å²) in [4.78, 5) is 22.3. The molecule has 2 saturated heterocycles. The first-order valence-corrected chi connectivity index (χ1v) is 23.5. The number of benzene rings is 2. The second-order valence-corrected chi connectivity index (χ2v) is 23.1. The first-order chi connectivity index (χ1) is 29.8. The highest BCUT2D eigenvalue weighted by Crippen LogP contribution is 2.44. The van der Waals surface area contributed by atoms with E-state index in [9.17, 15) is 4.39 Å². The van der Waals surface area contributed by atoms with E-state index in [1.54, 1.807) is 53.4 Å². The molecular formula is C47H53F3N8O3Si. The molecule has 2 aromatic carbocycles. The molecule has 15 heteroatoms. The minimum absolute atomic E-state index is 0.0480. The molecule has 0 radical (unpaired) electrons. The Bertz CT molecular complexity index is 2650. The lowest BCUT2D eigenvalue weighted by molar-refractivity contribution is 0.0512. The fourth-order valence-corrected chi connectivity index (χ4v) is 15.2. The van der Waals surface area contributed by atoms with Crippen LogP contribution in [0.3, 0.4) is 0 Å². The molecule has 6 aromatic rings. The van der Waals surface area contributed by atoms with Gasteiger partial charge >= 0.3 is 6.01 Å². The van der Waals surface area contributed by atoms with Gasteiger partial charge in [-0.05, 0) is 71.7 Å². The van der Waals surface area contributed by atoms with Gasteiger partial charge in [-0.1, -0.05) is 53.5 Å². The number of methoxy groups -OCH3 is 1. The van der Waals surface area contributed by atoms with Crippen LogP contribution in [0.15, 0.2) is 67.4 Å². The Morgan fingerprint density at radius 1 is 0.984 bits per heavy atom. The molecular weight excluding hydrogens is 810 g/mol. The minimum Gasteiger partial charge on any atom is -0.468 e. The van der Waals surface area contributed by atoms with Gasteiger partial charge in [-0.2, -0.15) is 10.1 Å². The molecule has 6 heterocycles. The number of ether oxygens (including phenoxy) is 3. The maximum atomic E-state index is 17.8. The summed E-state index contributed by atoms with van der Waals surface area (Å²) in [5.41, 5.74) is 5.75. The molecule has 11 nitrogen and oxygen atoms in total. The van der Waals surface area contributed by atoms with Crippen molar-refractivity contribution >= 4 is 41.3 Å². The summed E-state index contributed by atoms with van der Waals surface area (Å²) in [6.45, 7) is 14.5. The van der Waals surface area contributed by atoms with E-state index in [-0.39, 0.29) is 41.7 Å². The van der Waals surface area contributed by atoms with Gasteiger partial charge in [0.15, 0.2) is 12.6 Å². The summed E-state index contributed by atoms with van der Waals surface area (Å²) in [6.07, 6.45) is 9.49. The average molecular weight is 863 g/mol. The van der Waals surface area contributed by atoms with E-state index in [0.29, 0.717) is 63.0 Å². The van der Waals surface area contributed by atoms with Crippen LogP contribution < -0.4 is 14.4 Å². The Morgan fingerprint density at radius 3 is 2.47 bits per heavy atom. The second kappa shape index (κ2) is 17.3. The number of hydrogen-bond acceptors (Lipinski definition) is 10. The molecule has 0 spiro atoms. The average Bonchev–Trinajstić information content (AvgIpc) is 3.98. The highest BCUT2D eigenvalue weighted by molar-refractivity contribution is 6.90. The third-order valence-corrected chi connectivity index (χ3v) is 19.3. The summed E-state index contributed by atoms with van der Waals surface area (Å²) >= 11 is 0. The number of anilines is 2. The van der Waals surface area contributed by atoms with Gasteiger partial charge in [0.25, 0.3) is 0 Å². The Labute approximate surface area is 361 Å². The number of nitrogens with zero attached hydrogens (tertiary/aromatic N) is 8. The van der Waals surface area contributed by atoms with E-state index >= 15 is 8.78 Å². The van der Waals surface area contributed by atoms with E-state index in [1.807, 2.05) is 18.3 Å². The van der Waals surface area contributed by atoms with E-state index in [2.05, 4.69) is 73.0 Å². The standard InChI is InChI=1S/C47H53F3N8O3Si/c1-29(2)62(30(3)4,31(5)6)19-14-37-40(49)11-10-32-20-36(61-28-59-8)21-38(41(32)37)43-42(50)44-39(24-52-46(55-44)60-27-47-15-9-18-57(47)25-33(48)22-47)45(54-43)56(7)35-23-53-58(26-35)34-12-16-51-17-13-34/h10-13,16-17,20-21,23-24,26,29-31,33H,9,15,18,22,25,27-28H2,1-8H3/t33-,47+/m1/s1. The maximum Gasteiger partial charge on any atom is 0.317 e. The Hall–Kier alpha value is -5.56. The zero-order valence-corrected chi connectivity index (χ0v) is 37.5. The molecule has 8 rings (SSSR count). The lowest BCUT2D eigenvalue weighted by Gasteiger charge is -2.38. The van der Waals surface area contributed by atoms with Crippen LogP contribution in [0.25, 0.3) is 38.6 Å². The monoisotopic (exact) mass is 862 g/mol. The van der Waals surface area contributed by atoms with E-state index in [1.165, 1.54) is 19.4 Å². The number of pyridine rings is 2. The molecule has 2 atom stereocenters. The lowest BCUT2D eigenvalue weighted by atomic mass is 9.95. The molecule has 324 valence electrons. The van der Waals surface area contributed by atoms with Crippen LogP contribution in [0.1, 0.15) is 66.4 Å². The molecule has 2 aliphatic rings. The van der Waals surface area contributed by atoms with Crippen LogP contribution in [-0.2, 0) is 4.74 Å². The van der Waals surface area contributed by atoms with Gasteiger partial charge in [-0.25, -0.2) is 27.8 Å². The lowest BCUT2D eigenvalue weighted by Crippen LogP contribution is -2.43. The predicted octanol–water partition coefficient (Wildman–Crippen LogP) is 9.98. The molecule has 62 heavy (non-hydrogen) atoms. The Balaban J connectivity index is 1.35. The first kappa shape index (κ1) is 43.1. The van der Waals surface area contributed by atoms with Crippen molar-refractivity contribution in [3.8, 4) is 40.2 Å². The molecule has 0 saturated carbocycles. The first-order valence-electron chi connectivity index (χ1n) is 21.2. The molecule has 0 aliphatic carbocycles. The smallest absolute Gasteiger partial charge is 0.317 e. The van der Waals surface area contributed by atoms with Crippen molar-refractivity contribution in [1.82, 2.24) is 34.6 Å². The molecule has 0 amide bonds. The fourth-order valence-electron chi connectivity index (χ4n) is 9.96. The number of fused-ring (bicyclic) bond motifs is 3. The van der Waals surface area contributed by atoms with Gasteiger partial charge in [0.2, 0.25) is 0 Å². The van der Waals surface area contributed by atoms with Crippen molar-refractivity contribution in [2.45, 2.75) is 89.1 Å². The van der Waals surface area contributed by atoms with Crippen molar-refractivity contribution in [1.29, 1.82) is 0 Å². The quantitative estimate of drug-likeness (QED) is 0.0634. The van der Waals surface area contributed by atoms with Gasteiger partial charge < -0.3 is 19.1 Å². The van der Waals surface area contributed by atoms with Crippen molar-refractivity contribution in [2.24, 2.45) is 0 Å². The maximum absolute atomic E-state index is 17.8.